The highest BCUT2D eigenvalue weighted by molar-refractivity contribution is 9.09. The molecule has 17 heavy (non-hydrogen) atoms. The van der Waals surface area contributed by atoms with Gasteiger partial charge in [0.25, 0.3) is 5.91 Å². The molecule has 1 heterocycles. The highest BCUT2D eigenvalue weighted by Crippen LogP contribution is 2.29. The van der Waals surface area contributed by atoms with Crippen molar-refractivity contribution in [2.75, 3.05) is 6.54 Å². The predicted octanol–water partition coefficient (Wildman–Crippen LogP) is 1.67. The van der Waals surface area contributed by atoms with Crippen LogP contribution in [0.1, 0.15) is 29.6 Å². The van der Waals surface area contributed by atoms with E-state index in [0.717, 1.165) is 12.8 Å². The number of pyridine rings is 1. The highest BCUT2D eigenvalue weighted by atomic mass is 79.9. The van der Waals surface area contributed by atoms with Crippen molar-refractivity contribution in [2.24, 2.45) is 5.92 Å². The first-order chi connectivity index (χ1) is 8.15. The number of halogens is 1. The first-order valence-electron chi connectivity index (χ1n) is 5.76. The molecule has 92 valence electrons. The third-order valence-electron chi connectivity index (χ3n) is 3.07. The van der Waals surface area contributed by atoms with Crippen molar-refractivity contribution < 1.29 is 4.79 Å². The molecule has 0 spiro atoms. The van der Waals surface area contributed by atoms with E-state index in [9.17, 15) is 9.59 Å². The standard InChI is InChI=1S/C12H15BrN2O2/c13-10-3-1-8(5-10)6-15-12(17)9-2-4-11(16)14-7-9/h2,4,7-8,10H,1,3,5-6H2,(H,14,16)(H,15,17). The Bertz CT molecular complexity index is 438. The molecule has 1 fully saturated rings. The molecule has 0 saturated heterocycles. The van der Waals surface area contributed by atoms with E-state index in [1.54, 1.807) is 0 Å². The maximum absolute atomic E-state index is 11.7. The van der Waals surface area contributed by atoms with E-state index in [-0.39, 0.29) is 11.5 Å². The molecule has 1 aliphatic rings. The van der Waals surface area contributed by atoms with Gasteiger partial charge in [0.1, 0.15) is 0 Å². The first kappa shape index (κ1) is 12.4. The van der Waals surface area contributed by atoms with Crippen molar-refractivity contribution >= 4 is 21.8 Å². The smallest absolute Gasteiger partial charge is 0.252 e. The van der Waals surface area contributed by atoms with Crippen LogP contribution in [0.3, 0.4) is 0 Å². The van der Waals surface area contributed by atoms with Crippen LogP contribution in [0.4, 0.5) is 0 Å². The second-order valence-electron chi connectivity index (χ2n) is 4.43. The Hall–Kier alpha value is -1.10. The Morgan fingerprint density at radius 1 is 1.47 bits per heavy atom. The number of carbonyl (C=O) groups is 1. The molecule has 2 rings (SSSR count). The number of carbonyl (C=O) groups excluding carboxylic acids is 1. The molecule has 0 aliphatic heterocycles. The van der Waals surface area contributed by atoms with Crippen molar-refractivity contribution in [3.63, 3.8) is 0 Å². The van der Waals surface area contributed by atoms with Crippen LogP contribution in [0, 0.1) is 5.92 Å². The van der Waals surface area contributed by atoms with Gasteiger partial charge in [-0.1, -0.05) is 15.9 Å². The molecule has 0 aromatic carbocycles. The Labute approximate surface area is 108 Å². The van der Waals surface area contributed by atoms with Gasteiger partial charge in [-0.25, -0.2) is 0 Å². The van der Waals surface area contributed by atoms with Crippen LogP contribution in [-0.2, 0) is 0 Å². The Morgan fingerprint density at radius 2 is 2.29 bits per heavy atom. The van der Waals surface area contributed by atoms with E-state index in [0.29, 0.717) is 22.9 Å². The number of hydrogen-bond acceptors (Lipinski definition) is 2. The summed E-state index contributed by atoms with van der Waals surface area (Å²) in [5, 5.41) is 2.90. The molecule has 1 aromatic rings. The summed E-state index contributed by atoms with van der Waals surface area (Å²) in [6, 6.07) is 2.90. The fraction of sp³-hybridized carbons (Fsp3) is 0.500. The lowest BCUT2D eigenvalue weighted by atomic mass is 10.1. The summed E-state index contributed by atoms with van der Waals surface area (Å²) in [7, 11) is 0. The molecule has 4 nitrogen and oxygen atoms in total. The summed E-state index contributed by atoms with van der Waals surface area (Å²) >= 11 is 3.59. The van der Waals surface area contributed by atoms with Gasteiger partial charge in [0.2, 0.25) is 5.56 Å². The number of aromatic amines is 1. The number of amides is 1. The molecule has 2 unspecified atom stereocenters. The van der Waals surface area contributed by atoms with Gasteiger partial charge in [0, 0.05) is 23.6 Å². The minimum atomic E-state index is -0.195. The number of nitrogens with one attached hydrogen (secondary N) is 2. The van der Waals surface area contributed by atoms with Crippen molar-refractivity contribution in [1.82, 2.24) is 10.3 Å². The van der Waals surface area contributed by atoms with Crippen LogP contribution in [0.5, 0.6) is 0 Å². The van der Waals surface area contributed by atoms with E-state index < -0.39 is 0 Å². The lowest BCUT2D eigenvalue weighted by Crippen LogP contribution is -2.29. The SMILES string of the molecule is O=C(NCC1CCC(Br)C1)c1ccc(=O)[nH]c1. The van der Waals surface area contributed by atoms with Gasteiger partial charge in [-0.05, 0) is 31.2 Å². The van der Waals surface area contributed by atoms with Gasteiger partial charge in [0.05, 0.1) is 5.56 Å². The molecule has 1 aromatic heterocycles. The number of hydrogen-bond donors (Lipinski definition) is 2. The Morgan fingerprint density at radius 3 is 2.88 bits per heavy atom. The molecule has 0 bridgehead atoms. The number of aromatic nitrogens is 1. The molecule has 0 radical (unpaired) electrons. The third-order valence-corrected chi connectivity index (χ3v) is 3.91. The maximum Gasteiger partial charge on any atom is 0.252 e. The van der Waals surface area contributed by atoms with Gasteiger partial charge >= 0.3 is 0 Å². The average Bonchev–Trinajstić information content (AvgIpc) is 2.73. The molecular formula is C12H15BrN2O2. The van der Waals surface area contributed by atoms with Crippen LogP contribution in [-0.4, -0.2) is 22.3 Å². The largest absolute Gasteiger partial charge is 0.352 e. The van der Waals surface area contributed by atoms with Crippen LogP contribution < -0.4 is 10.9 Å². The number of H-pyrrole nitrogens is 1. The van der Waals surface area contributed by atoms with Crippen molar-refractivity contribution in [3.8, 4) is 0 Å². The minimum Gasteiger partial charge on any atom is -0.352 e. The van der Waals surface area contributed by atoms with Crippen molar-refractivity contribution in [2.45, 2.75) is 24.1 Å². The van der Waals surface area contributed by atoms with E-state index in [1.807, 2.05) is 0 Å². The fourth-order valence-corrected chi connectivity index (χ4v) is 2.88. The Kier molecular flexibility index (Phi) is 3.99. The summed E-state index contributed by atoms with van der Waals surface area (Å²) in [6.07, 6.45) is 4.90. The summed E-state index contributed by atoms with van der Waals surface area (Å²) in [5.41, 5.74) is 0.303. The van der Waals surface area contributed by atoms with E-state index in [1.165, 1.54) is 24.8 Å². The van der Waals surface area contributed by atoms with Gasteiger partial charge in [0.15, 0.2) is 0 Å². The summed E-state index contributed by atoms with van der Waals surface area (Å²) in [6.45, 7) is 0.708. The van der Waals surface area contributed by atoms with E-state index in [2.05, 4.69) is 26.2 Å². The third kappa shape index (κ3) is 3.43. The van der Waals surface area contributed by atoms with Crippen LogP contribution in [0.2, 0.25) is 0 Å². The normalized spacial score (nSPS) is 23.6. The second-order valence-corrected chi connectivity index (χ2v) is 5.72. The monoisotopic (exact) mass is 298 g/mol. The van der Waals surface area contributed by atoms with E-state index >= 15 is 0 Å². The zero-order valence-electron chi connectivity index (χ0n) is 9.41. The first-order valence-corrected chi connectivity index (χ1v) is 6.67. The molecule has 1 aliphatic carbocycles. The molecule has 5 heteroatoms. The average molecular weight is 299 g/mol. The number of alkyl halides is 1. The molecule has 1 saturated carbocycles. The lowest BCUT2D eigenvalue weighted by Gasteiger charge is -2.10. The van der Waals surface area contributed by atoms with Crippen molar-refractivity contribution in [1.29, 1.82) is 0 Å². The van der Waals surface area contributed by atoms with Gasteiger partial charge < -0.3 is 10.3 Å². The highest BCUT2D eigenvalue weighted by Gasteiger charge is 2.22. The fourth-order valence-electron chi connectivity index (χ4n) is 2.09. The Balaban J connectivity index is 1.85. The second kappa shape index (κ2) is 5.49. The molecule has 2 atom stereocenters. The van der Waals surface area contributed by atoms with Crippen molar-refractivity contribution in [3.05, 3.63) is 34.2 Å². The van der Waals surface area contributed by atoms with Gasteiger partial charge in [-0.3, -0.25) is 9.59 Å². The summed E-state index contributed by atoms with van der Waals surface area (Å²) in [5.74, 6) is 0.436. The molecule has 1 amide bonds. The van der Waals surface area contributed by atoms with Gasteiger partial charge in [-0.15, -0.1) is 0 Å². The number of rotatable bonds is 3. The molecular weight excluding hydrogens is 284 g/mol. The maximum atomic E-state index is 11.7. The zero-order valence-corrected chi connectivity index (χ0v) is 11.0. The van der Waals surface area contributed by atoms with E-state index in [4.69, 9.17) is 0 Å². The van der Waals surface area contributed by atoms with Crippen LogP contribution in [0.15, 0.2) is 23.1 Å². The minimum absolute atomic E-state index is 0.126. The van der Waals surface area contributed by atoms with Crippen LogP contribution in [0.25, 0.3) is 0 Å². The molecule has 2 N–H and O–H groups in total. The topological polar surface area (TPSA) is 62.0 Å². The van der Waals surface area contributed by atoms with Gasteiger partial charge in [-0.2, -0.15) is 0 Å². The quantitative estimate of drug-likeness (QED) is 0.834. The van der Waals surface area contributed by atoms with Crippen LogP contribution >= 0.6 is 15.9 Å². The lowest BCUT2D eigenvalue weighted by molar-refractivity contribution is 0.0947. The zero-order chi connectivity index (χ0) is 12.3. The summed E-state index contributed by atoms with van der Waals surface area (Å²) in [4.78, 5) is 25.7. The predicted molar refractivity (Wildman–Crippen MR) is 69.5 cm³/mol. The summed E-state index contributed by atoms with van der Waals surface area (Å²) < 4.78 is 0.